The van der Waals surface area contributed by atoms with E-state index in [-0.39, 0.29) is 10.8 Å². The minimum Gasteiger partial charge on any atom is -0.310 e. The molecule has 35 heavy (non-hydrogen) atoms. The van der Waals surface area contributed by atoms with E-state index in [1.165, 1.54) is 44.4 Å². The Morgan fingerprint density at radius 3 is 1.94 bits per heavy atom. The van der Waals surface area contributed by atoms with Crippen LogP contribution in [0.5, 0.6) is 0 Å². The number of rotatable bonds is 3. The molecule has 5 aromatic carbocycles. The van der Waals surface area contributed by atoms with Crippen LogP contribution in [-0.2, 0) is 10.8 Å². The molecular formula is C34H31N. The molecule has 0 unspecified atom stereocenters. The lowest BCUT2D eigenvalue weighted by Gasteiger charge is -2.48. The SMILES string of the molecule is CC1(C)c2ccccc2-c2ccc(N(c3ccccc3)c3cccc4ccccc34)cc2C1(C)C. The highest BCUT2D eigenvalue weighted by atomic mass is 15.1. The molecule has 5 aromatic rings. The van der Waals surface area contributed by atoms with E-state index >= 15 is 0 Å². The third kappa shape index (κ3) is 3.22. The molecule has 0 heterocycles. The maximum Gasteiger partial charge on any atom is 0.0540 e. The number of benzene rings is 5. The summed E-state index contributed by atoms with van der Waals surface area (Å²) in [5.74, 6) is 0. The molecule has 172 valence electrons. The summed E-state index contributed by atoms with van der Waals surface area (Å²) >= 11 is 0. The molecule has 0 atom stereocenters. The van der Waals surface area contributed by atoms with Crippen LogP contribution < -0.4 is 4.90 Å². The van der Waals surface area contributed by atoms with Crippen LogP contribution in [0, 0.1) is 0 Å². The van der Waals surface area contributed by atoms with E-state index in [1.807, 2.05) is 0 Å². The number of para-hydroxylation sites is 1. The zero-order valence-corrected chi connectivity index (χ0v) is 20.9. The Balaban J connectivity index is 1.62. The van der Waals surface area contributed by atoms with Gasteiger partial charge in [0.15, 0.2) is 0 Å². The lowest BCUT2D eigenvalue weighted by Crippen LogP contribution is -2.43. The summed E-state index contributed by atoms with van der Waals surface area (Å²) in [6, 6.07) is 42.0. The van der Waals surface area contributed by atoms with Gasteiger partial charge in [-0.15, -0.1) is 0 Å². The van der Waals surface area contributed by atoms with E-state index in [1.54, 1.807) is 0 Å². The normalized spacial score (nSPS) is 15.3. The number of anilines is 3. The van der Waals surface area contributed by atoms with E-state index in [9.17, 15) is 0 Å². The molecule has 0 aromatic heterocycles. The van der Waals surface area contributed by atoms with Crippen LogP contribution in [0.1, 0.15) is 38.8 Å². The van der Waals surface area contributed by atoms with Crippen LogP contribution in [-0.4, -0.2) is 0 Å². The van der Waals surface area contributed by atoms with E-state index in [4.69, 9.17) is 0 Å². The Kier molecular flexibility index (Phi) is 4.86. The number of fused-ring (bicyclic) bond motifs is 4. The zero-order chi connectivity index (χ0) is 24.2. The standard InChI is InChI=1S/C34H31N/c1-33(2)30-19-11-10-18-28(30)29-22-21-26(23-31(29)34(33,3)4)35(25-15-6-5-7-16-25)32-20-12-14-24-13-8-9-17-27(24)32/h5-23H,1-4H3. The molecule has 1 aliphatic rings. The molecule has 0 amide bonds. The van der Waals surface area contributed by atoms with Gasteiger partial charge in [0.2, 0.25) is 0 Å². The Hall–Kier alpha value is -3.84. The summed E-state index contributed by atoms with van der Waals surface area (Å²) < 4.78 is 0. The van der Waals surface area contributed by atoms with E-state index in [2.05, 4.69) is 148 Å². The first-order valence-corrected chi connectivity index (χ1v) is 12.5. The van der Waals surface area contributed by atoms with Crippen molar-refractivity contribution in [1.82, 2.24) is 0 Å². The van der Waals surface area contributed by atoms with E-state index in [0.717, 1.165) is 5.69 Å². The molecule has 0 bridgehead atoms. The summed E-state index contributed by atoms with van der Waals surface area (Å²) in [7, 11) is 0. The lowest BCUT2D eigenvalue weighted by atomic mass is 9.55. The van der Waals surface area contributed by atoms with Gasteiger partial charge in [-0.05, 0) is 68.8 Å². The van der Waals surface area contributed by atoms with Crippen molar-refractivity contribution in [3.8, 4) is 11.1 Å². The van der Waals surface area contributed by atoms with Crippen LogP contribution in [0.2, 0.25) is 0 Å². The van der Waals surface area contributed by atoms with Crippen LogP contribution in [0.3, 0.4) is 0 Å². The Morgan fingerprint density at radius 2 is 1.11 bits per heavy atom. The highest BCUT2D eigenvalue weighted by Gasteiger charge is 2.45. The zero-order valence-electron chi connectivity index (χ0n) is 20.9. The molecule has 0 fully saturated rings. The van der Waals surface area contributed by atoms with Crippen LogP contribution >= 0.6 is 0 Å². The van der Waals surface area contributed by atoms with Gasteiger partial charge in [0.25, 0.3) is 0 Å². The van der Waals surface area contributed by atoms with Gasteiger partial charge in [0.1, 0.15) is 0 Å². The molecule has 0 saturated heterocycles. The third-order valence-electron chi connectivity index (χ3n) is 8.41. The largest absolute Gasteiger partial charge is 0.310 e. The highest BCUT2D eigenvalue weighted by molar-refractivity contribution is 5.99. The van der Waals surface area contributed by atoms with E-state index in [0.29, 0.717) is 0 Å². The molecule has 6 rings (SSSR count). The Bertz CT molecular complexity index is 1540. The average Bonchev–Trinajstić information content (AvgIpc) is 2.89. The fourth-order valence-corrected chi connectivity index (χ4v) is 5.77. The second-order valence-corrected chi connectivity index (χ2v) is 10.7. The Labute approximate surface area is 208 Å². The number of hydrogen-bond donors (Lipinski definition) is 0. The van der Waals surface area contributed by atoms with Crippen molar-refractivity contribution >= 4 is 27.8 Å². The predicted molar refractivity (Wildman–Crippen MR) is 150 cm³/mol. The highest BCUT2D eigenvalue weighted by Crippen LogP contribution is 2.55. The van der Waals surface area contributed by atoms with Gasteiger partial charge in [-0.1, -0.05) is 113 Å². The average molecular weight is 454 g/mol. The van der Waals surface area contributed by atoms with Gasteiger partial charge in [-0.3, -0.25) is 0 Å². The van der Waals surface area contributed by atoms with E-state index < -0.39 is 0 Å². The van der Waals surface area contributed by atoms with Gasteiger partial charge in [-0.25, -0.2) is 0 Å². The molecule has 0 saturated carbocycles. The molecule has 0 N–H and O–H groups in total. The maximum atomic E-state index is 2.43. The molecule has 0 radical (unpaired) electrons. The predicted octanol–water partition coefficient (Wildman–Crippen LogP) is 9.55. The second kappa shape index (κ2) is 7.85. The third-order valence-corrected chi connectivity index (χ3v) is 8.41. The van der Waals surface area contributed by atoms with Crippen molar-refractivity contribution in [1.29, 1.82) is 0 Å². The van der Waals surface area contributed by atoms with Gasteiger partial charge < -0.3 is 4.90 Å². The summed E-state index contributed by atoms with van der Waals surface area (Å²) in [5, 5.41) is 2.50. The van der Waals surface area contributed by atoms with Crippen LogP contribution in [0.25, 0.3) is 21.9 Å². The summed E-state index contributed by atoms with van der Waals surface area (Å²) in [4.78, 5) is 2.41. The molecular weight excluding hydrogens is 422 g/mol. The quantitative estimate of drug-likeness (QED) is 0.263. The molecule has 1 aliphatic carbocycles. The summed E-state index contributed by atoms with van der Waals surface area (Å²) in [6.45, 7) is 9.58. The molecule has 0 spiro atoms. The van der Waals surface area contributed by atoms with Crippen molar-refractivity contribution < 1.29 is 0 Å². The van der Waals surface area contributed by atoms with Crippen molar-refractivity contribution in [2.75, 3.05) is 4.90 Å². The summed E-state index contributed by atoms with van der Waals surface area (Å²) in [5.41, 5.74) is 9.06. The minimum atomic E-state index is -0.0339. The van der Waals surface area contributed by atoms with Gasteiger partial charge in [-0.2, -0.15) is 0 Å². The van der Waals surface area contributed by atoms with Crippen molar-refractivity contribution in [3.05, 3.63) is 126 Å². The van der Waals surface area contributed by atoms with Gasteiger partial charge in [0.05, 0.1) is 5.69 Å². The topological polar surface area (TPSA) is 3.24 Å². The lowest BCUT2D eigenvalue weighted by molar-refractivity contribution is 0.299. The fourth-order valence-electron chi connectivity index (χ4n) is 5.77. The van der Waals surface area contributed by atoms with Gasteiger partial charge >= 0.3 is 0 Å². The monoisotopic (exact) mass is 453 g/mol. The van der Waals surface area contributed by atoms with Crippen LogP contribution in [0.15, 0.2) is 115 Å². The molecule has 1 nitrogen and oxygen atoms in total. The van der Waals surface area contributed by atoms with Crippen LogP contribution in [0.4, 0.5) is 17.1 Å². The fraction of sp³-hybridized carbons (Fsp3) is 0.176. The second-order valence-electron chi connectivity index (χ2n) is 10.7. The summed E-state index contributed by atoms with van der Waals surface area (Å²) in [6.07, 6.45) is 0. The Morgan fingerprint density at radius 1 is 0.486 bits per heavy atom. The first kappa shape index (κ1) is 21.7. The number of hydrogen-bond acceptors (Lipinski definition) is 1. The number of nitrogens with zero attached hydrogens (tertiary/aromatic N) is 1. The maximum absolute atomic E-state index is 2.43. The first-order chi connectivity index (χ1) is 16.9. The molecule has 0 aliphatic heterocycles. The van der Waals surface area contributed by atoms with Crippen molar-refractivity contribution in [2.24, 2.45) is 0 Å². The van der Waals surface area contributed by atoms with Gasteiger partial charge in [0, 0.05) is 16.8 Å². The smallest absolute Gasteiger partial charge is 0.0540 e. The minimum absolute atomic E-state index is 0.00619. The van der Waals surface area contributed by atoms with Crippen molar-refractivity contribution in [3.63, 3.8) is 0 Å². The molecule has 1 heteroatoms. The first-order valence-electron chi connectivity index (χ1n) is 12.5. The van der Waals surface area contributed by atoms with Crippen molar-refractivity contribution in [2.45, 2.75) is 38.5 Å².